The van der Waals surface area contributed by atoms with E-state index in [2.05, 4.69) is 79.9 Å². The number of hydrogen-bond donors (Lipinski definition) is 2. The molecule has 1 aliphatic heterocycles. The first kappa shape index (κ1) is 32.3. The van der Waals surface area contributed by atoms with Gasteiger partial charge in [-0.15, -0.1) is 0 Å². The standard InChI is InChI=1S/C34H44ClN7O/c1-41(23-17-32(33-8-3-4-18-37-33)29-11-13-30(35)14-12-29)24-20-39-34(40-27-36)38-19-7-25-43-31-15-9-28(10-16-31)26-42-21-5-2-6-22-42/h3-4,8-16,18,32H,2,5-7,17,19-26H2,1H3,(H2,38,39,40). The van der Waals surface area contributed by atoms with Crippen LogP contribution in [0.4, 0.5) is 0 Å². The Balaban J connectivity index is 1.15. The van der Waals surface area contributed by atoms with Crippen LogP contribution in [0.25, 0.3) is 0 Å². The summed E-state index contributed by atoms with van der Waals surface area (Å²) in [5.41, 5.74) is 3.59. The molecule has 9 heteroatoms. The van der Waals surface area contributed by atoms with Gasteiger partial charge in [0.15, 0.2) is 6.19 Å². The van der Waals surface area contributed by atoms with E-state index in [9.17, 15) is 0 Å². The summed E-state index contributed by atoms with van der Waals surface area (Å²) < 4.78 is 5.91. The van der Waals surface area contributed by atoms with Crippen molar-refractivity contribution in [2.45, 2.75) is 44.6 Å². The van der Waals surface area contributed by atoms with Crippen LogP contribution in [-0.2, 0) is 6.54 Å². The van der Waals surface area contributed by atoms with Crippen LogP contribution in [0.3, 0.4) is 0 Å². The topological polar surface area (TPSA) is 88.8 Å². The summed E-state index contributed by atoms with van der Waals surface area (Å²) in [5, 5.41) is 15.8. The summed E-state index contributed by atoms with van der Waals surface area (Å²) in [6, 6.07) is 22.5. The van der Waals surface area contributed by atoms with Gasteiger partial charge in [-0.1, -0.05) is 48.4 Å². The van der Waals surface area contributed by atoms with Gasteiger partial charge in [-0.05, 0) is 93.5 Å². The van der Waals surface area contributed by atoms with E-state index >= 15 is 0 Å². The maximum atomic E-state index is 9.17. The molecule has 3 aromatic rings. The monoisotopic (exact) mass is 601 g/mol. The van der Waals surface area contributed by atoms with Crippen LogP contribution >= 0.6 is 11.6 Å². The molecule has 0 radical (unpaired) electrons. The molecule has 2 heterocycles. The van der Waals surface area contributed by atoms with Crippen molar-refractivity contribution in [2.24, 2.45) is 4.99 Å². The Kier molecular flexibility index (Phi) is 13.6. The first-order valence-corrected chi connectivity index (χ1v) is 15.7. The molecule has 1 saturated heterocycles. The second-order valence-electron chi connectivity index (χ2n) is 11.0. The van der Waals surface area contributed by atoms with E-state index in [0.717, 1.165) is 48.9 Å². The quantitative estimate of drug-likeness (QED) is 0.0764. The second kappa shape index (κ2) is 18.1. The number of halogens is 1. The lowest BCUT2D eigenvalue weighted by molar-refractivity contribution is 0.221. The first-order chi connectivity index (χ1) is 21.1. The van der Waals surface area contributed by atoms with Crippen molar-refractivity contribution in [1.82, 2.24) is 25.4 Å². The van der Waals surface area contributed by atoms with Crippen molar-refractivity contribution in [2.75, 3.05) is 52.9 Å². The third-order valence-electron chi connectivity index (χ3n) is 7.70. The summed E-state index contributed by atoms with van der Waals surface area (Å²) in [7, 11) is 2.10. The van der Waals surface area contributed by atoms with Crippen molar-refractivity contribution < 1.29 is 4.74 Å². The minimum Gasteiger partial charge on any atom is -0.494 e. The summed E-state index contributed by atoms with van der Waals surface area (Å²) in [6.45, 7) is 6.91. The van der Waals surface area contributed by atoms with Gasteiger partial charge in [-0.3, -0.25) is 20.2 Å². The molecule has 1 unspecified atom stereocenters. The van der Waals surface area contributed by atoms with Crippen molar-refractivity contribution in [3.05, 3.63) is 94.8 Å². The maximum absolute atomic E-state index is 9.17. The molecule has 228 valence electrons. The molecular formula is C34H44ClN7O. The van der Waals surface area contributed by atoms with E-state index in [4.69, 9.17) is 21.6 Å². The molecule has 1 aliphatic rings. The average molecular weight is 602 g/mol. The number of piperidine rings is 1. The zero-order valence-electron chi connectivity index (χ0n) is 25.2. The number of hydrogen-bond acceptors (Lipinski definition) is 6. The largest absolute Gasteiger partial charge is 0.494 e. The molecule has 2 aromatic carbocycles. The number of aromatic nitrogens is 1. The Bertz CT molecular complexity index is 1270. The van der Waals surface area contributed by atoms with E-state index in [1.807, 2.05) is 36.7 Å². The average Bonchev–Trinajstić information content (AvgIpc) is 3.03. The third kappa shape index (κ3) is 11.5. The molecule has 0 bridgehead atoms. The zero-order valence-corrected chi connectivity index (χ0v) is 26.0. The lowest BCUT2D eigenvalue weighted by Crippen LogP contribution is -2.39. The number of rotatable bonds is 15. The van der Waals surface area contributed by atoms with Crippen LogP contribution < -0.4 is 15.4 Å². The summed E-state index contributed by atoms with van der Waals surface area (Å²) in [5.74, 6) is 1.56. The van der Waals surface area contributed by atoms with Gasteiger partial charge in [0.25, 0.3) is 0 Å². The Hall–Kier alpha value is -3.64. The lowest BCUT2D eigenvalue weighted by Gasteiger charge is -2.26. The van der Waals surface area contributed by atoms with Gasteiger partial charge in [0, 0.05) is 55.4 Å². The van der Waals surface area contributed by atoms with Crippen LogP contribution in [0.2, 0.25) is 5.02 Å². The number of aliphatic imine (C=N–C) groups is 1. The Morgan fingerprint density at radius 3 is 2.58 bits per heavy atom. The predicted molar refractivity (Wildman–Crippen MR) is 174 cm³/mol. The van der Waals surface area contributed by atoms with Crippen LogP contribution in [-0.4, -0.2) is 73.7 Å². The molecule has 1 atom stereocenters. The minimum atomic E-state index is 0.186. The van der Waals surface area contributed by atoms with Crippen LogP contribution in [0, 0.1) is 11.5 Å². The molecule has 4 rings (SSSR count). The highest BCUT2D eigenvalue weighted by molar-refractivity contribution is 6.30. The number of likely N-dealkylation sites (tertiary alicyclic amines) is 1. The molecule has 1 aromatic heterocycles. The summed E-state index contributed by atoms with van der Waals surface area (Å²) >= 11 is 6.12. The number of ether oxygens (including phenoxy) is 1. The minimum absolute atomic E-state index is 0.186. The molecular weight excluding hydrogens is 558 g/mol. The van der Waals surface area contributed by atoms with Crippen molar-refractivity contribution in [1.29, 1.82) is 5.26 Å². The van der Waals surface area contributed by atoms with Crippen LogP contribution in [0.5, 0.6) is 5.75 Å². The van der Waals surface area contributed by atoms with Gasteiger partial charge in [0.1, 0.15) is 5.75 Å². The Labute approximate surface area is 261 Å². The highest BCUT2D eigenvalue weighted by atomic mass is 35.5. The molecule has 8 nitrogen and oxygen atoms in total. The van der Waals surface area contributed by atoms with E-state index in [0.29, 0.717) is 25.7 Å². The van der Waals surface area contributed by atoms with Crippen molar-refractivity contribution in [3.63, 3.8) is 0 Å². The maximum Gasteiger partial charge on any atom is 0.204 e. The fourth-order valence-electron chi connectivity index (χ4n) is 5.29. The number of nitriles is 1. The van der Waals surface area contributed by atoms with Gasteiger partial charge >= 0.3 is 0 Å². The molecule has 0 amide bonds. The Morgan fingerprint density at radius 2 is 1.86 bits per heavy atom. The van der Waals surface area contributed by atoms with E-state index in [-0.39, 0.29) is 5.92 Å². The van der Waals surface area contributed by atoms with Crippen LogP contribution in [0.15, 0.2) is 77.9 Å². The van der Waals surface area contributed by atoms with Crippen LogP contribution in [0.1, 0.15) is 54.8 Å². The van der Waals surface area contributed by atoms with Crippen molar-refractivity contribution >= 4 is 17.6 Å². The van der Waals surface area contributed by atoms with Crippen molar-refractivity contribution in [3.8, 4) is 11.9 Å². The van der Waals surface area contributed by atoms with E-state index in [1.54, 1.807) is 0 Å². The van der Waals surface area contributed by atoms with Gasteiger partial charge in [0.2, 0.25) is 5.96 Å². The van der Waals surface area contributed by atoms with E-state index < -0.39 is 0 Å². The van der Waals surface area contributed by atoms with Gasteiger partial charge in [-0.2, -0.15) is 5.26 Å². The van der Waals surface area contributed by atoms with E-state index in [1.165, 1.54) is 43.5 Å². The highest BCUT2D eigenvalue weighted by Crippen LogP contribution is 2.27. The number of benzene rings is 2. The molecule has 1 fully saturated rings. The fraction of sp³-hybridized carbons (Fsp3) is 0.441. The number of nitrogens with zero attached hydrogens (tertiary/aromatic N) is 5. The molecule has 0 saturated carbocycles. The normalized spacial score (nSPS) is 14.7. The van der Waals surface area contributed by atoms with Gasteiger partial charge in [0.05, 0.1) is 6.61 Å². The third-order valence-corrected chi connectivity index (χ3v) is 7.95. The molecule has 2 N–H and O–H groups in total. The lowest BCUT2D eigenvalue weighted by atomic mass is 9.92. The number of nitrogens with one attached hydrogen (secondary N) is 2. The van der Waals surface area contributed by atoms with Gasteiger partial charge < -0.3 is 15.0 Å². The second-order valence-corrected chi connectivity index (χ2v) is 11.5. The number of likely N-dealkylation sites (N-methyl/N-ethyl adjacent to an activating group) is 1. The first-order valence-electron chi connectivity index (χ1n) is 15.3. The zero-order chi connectivity index (χ0) is 30.1. The number of guanidine groups is 1. The summed E-state index contributed by atoms with van der Waals surface area (Å²) in [4.78, 5) is 13.9. The molecule has 0 spiro atoms. The number of pyridine rings is 1. The molecule has 0 aliphatic carbocycles. The smallest absolute Gasteiger partial charge is 0.204 e. The van der Waals surface area contributed by atoms with Gasteiger partial charge in [-0.25, -0.2) is 0 Å². The molecule has 43 heavy (non-hydrogen) atoms. The predicted octanol–water partition coefficient (Wildman–Crippen LogP) is 5.66. The summed E-state index contributed by atoms with van der Waals surface area (Å²) in [6.07, 6.45) is 9.47. The Morgan fingerprint density at radius 1 is 1.07 bits per heavy atom. The fourth-order valence-corrected chi connectivity index (χ4v) is 5.42. The SMILES string of the molecule is CN(CCNC(=NCCCOc1ccc(CN2CCCCC2)cc1)NC#N)CCC(c1ccc(Cl)cc1)c1ccccn1. The highest BCUT2D eigenvalue weighted by Gasteiger charge is 2.16.